The van der Waals surface area contributed by atoms with Crippen molar-refractivity contribution in [3.8, 4) is 0 Å². The molecule has 1 rings (SSSR count). The van der Waals surface area contributed by atoms with Crippen molar-refractivity contribution in [1.82, 2.24) is 0 Å². The molecule has 3 heteroatoms. The van der Waals surface area contributed by atoms with Crippen LogP contribution in [0.2, 0.25) is 0 Å². The summed E-state index contributed by atoms with van der Waals surface area (Å²) in [5.74, 6) is 0.539. The largest absolute Gasteiger partial charge is 0.462 e. The molecular formula is C12H22O3. The van der Waals surface area contributed by atoms with Crippen molar-refractivity contribution in [1.29, 1.82) is 0 Å². The van der Waals surface area contributed by atoms with Gasteiger partial charge < -0.3 is 9.47 Å². The lowest BCUT2D eigenvalue weighted by Crippen LogP contribution is -2.41. The number of esters is 1. The van der Waals surface area contributed by atoms with Crippen molar-refractivity contribution in [2.45, 2.75) is 46.1 Å². The van der Waals surface area contributed by atoms with Gasteiger partial charge >= 0.3 is 5.97 Å². The Morgan fingerprint density at radius 1 is 1.47 bits per heavy atom. The number of ether oxygens (including phenoxy) is 2. The van der Waals surface area contributed by atoms with Crippen LogP contribution in [0.1, 0.15) is 40.0 Å². The molecule has 0 radical (unpaired) electrons. The molecule has 0 spiro atoms. The van der Waals surface area contributed by atoms with Gasteiger partial charge in [0.1, 0.15) is 6.10 Å². The van der Waals surface area contributed by atoms with E-state index in [-0.39, 0.29) is 12.1 Å². The summed E-state index contributed by atoms with van der Waals surface area (Å²) in [5, 5.41) is 0. The van der Waals surface area contributed by atoms with Crippen LogP contribution in [0, 0.1) is 11.8 Å². The van der Waals surface area contributed by atoms with Crippen LogP contribution in [-0.2, 0) is 14.3 Å². The normalized spacial score (nSPS) is 31.3. The van der Waals surface area contributed by atoms with Crippen molar-refractivity contribution in [2.75, 3.05) is 13.2 Å². The summed E-state index contributed by atoms with van der Waals surface area (Å²) in [6.07, 6.45) is 3.51. The molecule has 1 fully saturated rings. The van der Waals surface area contributed by atoms with Crippen molar-refractivity contribution in [3.05, 3.63) is 0 Å². The number of hydrogen-bond donors (Lipinski definition) is 0. The first-order chi connectivity index (χ1) is 7.15. The van der Waals surface area contributed by atoms with E-state index < -0.39 is 0 Å². The second-order valence-electron chi connectivity index (χ2n) is 4.49. The minimum Gasteiger partial charge on any atom is -0.462 e. The highest BCUT2D eigenvalue weighted by molar-refractivity contribution is 5.66. The van der Waals surface area contributed by atoms with E-state index in [0.29, 0.717) is 18.4 Å². The first kappa shape index (κ1) is 12.5. The van der Waals surface area contributed by atoms with Gasteiger partial charge in [0.2, 0.25) is 0 Å². The zero-order valence-corrected chi connectivity index (χ0v) is 9.99. The quantitative estimate of drug-likeness (QED) is 0.674. The highest BCUT2D eigenvalue weighted by Gasteiger charge is 2.33. The van der Waals surface area contributed by atoms with Gasteiger partial charge in [0.25, 0.3) is 0 Å². The minimum absolute atomic E-state index is 0.0581. The highest BCUT2D eigenvalue weighted by atomic mass is 16.6. The molecule has 1 aliphatic rings. The Hall–Kier alpha value is -0.570. The standard InChI is InChI=1S/C12H22O3/c1-4-5-6-11-8-14-7-9(2)12(11)15-10(3)13/h9,11-12H,4-8H2,1-3H3/t9-,11-,12+/m0/s1. The van der Waals surface area contributed by atoms with E-state index in [2.05, 4.69) is 13.8 Å². The van der Waals surface area contributed by atoms with Crippen LogP contribution in [0.25, 0.3) is 0 Å². The van der Waals surface area contributed by atoms with E-state index in [1.807, 2.05) is 0 Å². The van der Waals surface area contributed by atoms with Gasteiger partial charge in [-0.3, -0.25) is 4.79 Å². The van der Waals surface area contributed by atoms with Gasteiger partial charge in [0.15, 0.2) is 0 Å². The van der Waals surface area contributed by atoms with E-state index >= 15 is 0 Å². The van der Waals surface area contributed by atoms with Gasteiger partial charge in [-0.05, 0) is 6.42 Å². The Balaban J connectivity index is 2.51. The Labute approximate surface area is 92.1 Å². The molecule has 0 unspecified atom stereocenters. The SMILES string of the molecule is CCCC[C@H]1COC[C@H](C)[C@H]1OC(C)=O. The molecule has 0 aromatic rings. The molecule has 0 N–H and O–H groups in total. The van der Waals surface area contributed by atoms with Crippen LogP contribution >= 0.6 is 0 Å². The summed E-state index contributed by atoms with van der Waals surface area (Å²) in [7, 11) is 0. The van der Waals surface area contributed by atoms with Crippen LogP contribution in [-0.4, -0.2) is 25.3 Å². The first-order valence-electron chi connectivity index (χ1n) is 5.90. The fourth-order valence-electron chi connectivity index (χ4n) is 2.18. The third-order valence-corrected chi connectivity index (χ3v) is 2.97. The lowest BCUT2D eigenvalue weighted by Gasteiger charge is -2.35. The molecule has 0 bridgehead atoms. The lowest BCUT2D eigenvalue weighted by molar-refractivity contribution is -0.162. The van der Waals surface area contributed by atoms with Crippen molar-refractivity contribution in [3.63, 3.8) is 0 Å². The monoisotopic (exact) mass is 214 g/mol. The third kappa shape index (κ3) is 3.82. The molecular weight excluding hydrogens is 192 g/mol. The van der Waals surface area contributed by atoms with Gasteiger partial charge in [0.05, 0.1) is 13.2 Å². The molecule has 0 aromatic carbocycles. The molecule has 0 aliphatic carbocycles. The van der Waals surface area contributed by atoms with Crippen molar-refractivity contribution >= 4 is 5.97 Å². The highest BCUT2D eigenvalue weighted by Crippen LogP contribution is 2.27. The van der Waals surface area contributed by atoms with E-state index in [4.69, 9.17) is 9.47 Å². The van der Waals surface area contributed by atoms with Crippen LogP contribution < -0.4 is 0 Å². The van der Waals surface area contributed by atoms with Crippen LogP contribution in [0.15, 0.2) is 0 Å². The summed E-state index contributed by atoms with van der Waals surface area (Å²) in [4.78, 5) is 11.0. The summed E-state index contributed by atoms with van der Waals surface area (Å²) in [6, 6.07) is 0. The second-order valence-corrected chi connectivity index (χ2v) is 4.49. The van der Waals surface area contributed by atoms with E-state index in [1.165, 1.54) is 19.8 Å². The minimum atomic E-state index is -0.171. The maximum absolute atomic E-state index is 11.0. The average molecular weight is 214 g/mol. The maximum Gasteiger partial charge on any atom is 0.302 e. The first-order valence-corrected chi connectivity index (χ1v) is 5.90. The Morgan fingerprint density at radius 2 is 2.20 bits per heavy atom. The van der Waals surface area contributed by atoms with Crippen LogP contribution in [0.3, 0.4) is 0 Å². The number of rotatable bonds is 4. The fourth-order valence-corrected chi connectivity index (χ4v) is 2.18. The van der Waals surface area contributed by atoms with E-state index in [1.54, 1.807) is 0 Å². The predicted octanol–water partition coefficient (Wildman–Crippen LogP) is 2.39. The van der Waals surface area contributed by atoms with Gasteiger partial charge in [-0.1, -0.05) is 26.7 Å². The van der Waals surface area contributed by atoms with Crippen LogP contribution in [0.5, 0.6) is 0 Å². The Morgan fingerprint density at radius 3 is 2.80 bits per heavy atom. The van der Waals surface area contributed by atoms with E-state index in [0.717, 1.165) is 13.0 Å². The lowest BCUT2D eigenvalue weighted by atomic mass is 9.87. The molecule has 1 saturated heterocycles. The molecule has 15 heavy (non-hydrogen) atoms. The molecule has 1 aliphatic heterocycles. The van der Waals surface area contributed by atoms with Crippen LogP contribution in [0.4, 0.5) is 0 Å². The van der Waals surface area contributed by atoms with Gasteiger partial charge in [0, 0.05) is 18.8 Å². The summed E-state index contributed by atoms with van der Waals surface area (Å²) >= 11 is 0. The molecule has 1 heterocycles. The molecule has 0 aromatic heterocycles. The second kappa shape index (κ2) is 6.11. The van der Waals surface area contributed by atoms with Crippen molar-refractivity contribution < 1.29 is 14.3 Å². The molecule has 3 atom stereocenters. The summed E-state index contributed by atoms with van der Waals surface area (Å²) in [5.41, 5.74) is 0. The van der Waals surface area contributed by atoms with Gasteiger partial charge in [-0.15, -0.1) is 0 Å². The number of unbranched alkanes of at least 4 members (excludes halogenated alkanes) is 1. The molecule has 3 nitrogen and oxygen atoms in total. The zero-order valence-electron chi connectivity index (χ0n) is 9.99. The molecule has 0 amide bonds. The Bertz CT molecular complexity index is 203. The number of carbonyl (C=O) groups is 1. The number of hydrogen-bond acceptors (Lipinski definition) is 3. The summed E-state index contributed by atoms with van der Waals surface area (Å²) in [6.45, 7) is 7.20. The average Bonchev–Trinajstić information content (AvgIpc) is 2.18. The third-order valence-electron chi connectivity index (χ3n) is 2.97. The van der Waals surface area contributed by atoms with Gasteiger partial charge in [-0.2, -0.15) is 0 Å². The topological polar surface area (TPSA) is 35.5 Å². The van der Waals surface area contributed by atoms with Crippen molar-refractivity contribution in [2.24, 2.45) is 11.8 Å². The zero-order chi connectivity index (χ0) is 11.3. The predicted molar refractivity (Wildman–Crippen MR) is 58.6 cm³/mol. The smallest absolute Gasteiger partial charge is 0.302 e. The molecule has 0 saturated carbocycles. The van der Waals surface area contributed by atoms with Gasteiger partial charge in [-0.25, -0.2) is 0 Å². The number of carbonyl (C=O) groups excluding carboxylic acids is 1. The maximum atomic E-state index is 11.0. The molecule has 88 valence electrons. The summed E-state index contributed by atoms with van der Waals surface area (Å²) < 4.78 is 10.9. The Kier molecular flexibility index (Phi) is 5.09. The fraction of sp³-hybridized carbons (Fsp3) is 0.917. The van der Waals surface area contributed by atoms with E-state index in [9.17, 15) is 4.79 Å².